The number of fused-ring (bicyclic) bond motifs is 1. The Morgan fingerprint density at radius 3 is 2.68 bits per heavy atom. The quantitative estimate of drug-likeness (QED) is 0.615. The molecule has 1 aliphatic heterocycles. The number of carbonyl (C=O) groups is 2. The summed E-state index contributed by atoms with van der Waals surface area (Å²) in [6.45, 7) is 3.64. The monoisotopic (exact) mass is 338 g/mol. The van der Waals surface area contributed by atoms with Gasteiger partial charge < -0.3 is 14.2 Å². The van der Waals surface area contributed by atoms with Gasteiger partial charge in [0.15, 0.2) is 11.9 Å². The highest BCUT2D eigenvalue weighted by Gasteiger charge is 2.28. The van der Waals surface area contributed by atoms with E-state index < -0.39 is 12.1 Å². The summed E-state index contributed by atoms with van der Waals surface area (Å²) in [6, 6.07) is 14.4. The van der Waals surface area contributed by atoms with Gasteiger partial charge in [0.05, 0.1) is 12.2 Å². The second-order valence-corrected chi connectivity index (χ2v) is 5.52. The molecule has 0 unspecified atom stereocenters. The summed E-state index contributed by atoms with van der Waals surface area (Å²) < 4.78 is 16.1. The van der Waals surface area contributed by atoms with Gasteiger partial charge in [0, 0.05) is 6.07 Å². The van der Waals surface area contributed by atoms with Crippen LogP contribution in [0.3, 0.4) is 0 Å². The van der Waals surface area contributed by atoms with Crippen molar-refractivity contribution in [2.75, 3.05) is 6.61 Å². The van der Waals surface area contributed by atoms with Crippen molar-refractivity contribution >= 4 is 17.8 Å². The molecular weight excluding hydrogens is 320 g/mol. The largest absolute Gasteiger partial charge is 0.479 e. The molecule has 5 heteroatoms. The molecule has 2 aromatic rings. The van der Waals surface area contributed by atoms with Crippen molar-refractivity contribution in [3.63, 3.8) is 0 Å². The summed E-state index contributed by atoms with van der Waals surface area (Å²) in [6.07, 6.45) is 0.957. The van der Waals surface area contributed by atoms with Crippen molar-refractivity contribution in [1.29, 1.82) is 0 Å². The Hall–Kier alpha value is -3.08. The van der Waals surface area contributed by atoms with Crippen LogP contribution in [0.15, 0.2) is 54.3 Å². The van der Waals surface area contributed by atoms with Gasteiger partial charge in [-0.3, -0.25) is 4.79 Å². The Morgan fingerprint density at radius 2 is 1.96 bits per heavy atom. The number of ketones is 1. The van der Waals surface area contributed by atoms with E-state index in [1.807, 2.05) is 30.3 Å². The van der Waals surface area contributed by atoms with Crippen molar-refractivity contribution in [2.24, 2.45) is 0 Å². The van der Waals surface area contributed by atoms with E-state index in [2.05, 4.69) is 0 Å². The standard InChI is InChI=1S/C20H18O5/c1-3-23-20(22)13(2)24-15-9-10-16-17(12-15)25-18(19(16)21)11-14-7-5-4-6-8-14/h4-13H,3H2,1-2H3/b18-11-/t13-/m0/s1. The van der Waals surface area contributed by atoms with Gasteiger partial charge in [-0.15, -0.1) is 0 Å². The molecule has 5 nitrogen and oxygen atoms in total. The van der Waals surface area contributed by atoms with E-state index in [1.54, 1.807) is 38.1 Å². The number of benzene rings is 2. The minimum atomic E-state index is -0.741. The third kappa shape index (κ3) is 3.71. The fourth-order valence-corrected chi connectivity index (χ4v) is 2.45. The number of Topliss-reactive ketones (excluding diaryl/α,β-unsaturated/α-hetero) is 1. The zero-order valence-corrected chi connectivity index (χ0v) is 14.0. The Labute approximate surface area is 145 Å². The molecule has 0 spiro atoms. The minimum Gasteiger partial charge on any atom is -0.479 e. The average Bonchev–Trinajstić information content (AvgIpc) is 2.91. The van der Waals surface area contributed by atoms with E-state index in [9.17, 15) is 9.59 Å². The highest BCUT2D eigenvalue weighted by atomic mass is 16.6. The van der Waals surface area contributed by atoms with E-state index in [1.165, 1.54) is 0 Å². The fraction of sp³-hybridized carbons (Fsp3) is 0.200. The second kappa shape index (κ2) is 7.21. The lowest BCUT2D eigenvalue weighted by atomic mass is 10.1. The lowest BCUT2D eigenvalue weighted by Crippen LogP contribution is -2.26. The zero-order valence-electron chi connectivity index (χ0n) is 14.0. The Bertz CT molecular complexity index is 823. The maximum absolute atomic E-state index is 12.4. The lowest BCUT2D eigenvalue weighted by molar-refractivity contribution is -0.150. The molecule has 0 amide bonds. The summed E-state index contributed by atoms with van der Waals surface area (Å²) in [7, 11) is 0. The predicted molar refractivity (Wildman–Crippen MR) is 92.5 cm³/mol. The molecule has 3 rings (SSSR count). The molecule has 0 radical (unpaired) electrons. The number of ether oxygens (including phenoxy) is 3. The van der Waals surface area contributed by atoms with Crippen molar-refractivity contribution in [1.82, 2.24) is 0 Å². The predicted octanol–water partition coefficient (Wildman–Crippen LogP) is 3.63. The normalized spacial score (nSPS) is 15.4. The van der Waals surface area contributed by atoms with Crippen LogP contribution in [0, 0.1) is 0 Å². The first kappa shape index (κ1) is 16.8. The van der Waals surface area contributed by atoms with E-state index >= 15 is 0 Å². The number of allylic oxidation sites excluding steroid dienone is 1. The molecule has 0 saturated heterocycles. The van der Waals surface area contributed by atoms with Crippen LogP contribution < -0.4 is 9.47 Å². The topological polar surface area (TPSA) is 61.8 Å². The highest BCUT2D eigenvalue weighted by Crippen LogP contribution is 2.35. The van der Waals surface area contributed by atoms with Gasteiger partial charge in [0.25, 0.3) is 0 Å². The van der Waals surface area contributed by atoms with Crippen molar-refractivity contribution < 1.29 is 23.8 Å². The molecule has 1 aliphatic rings. The maximum atomic E-state index is 12.4. The van der Waals surface area contributed by atoms with Crippen LogP contribution in [0.2, 0.25) is 0 Å². The Morgan fingerprint density at radius 1 is 1.20 bits per heavy atom. The number of esters is 1. The summed E-state index contributed by atoms with van der Waals surface area (Å²) in [5.41, 5.74) is 1.35. The molecule has 0 saturated carbocycles. The van der Waals surface area contributed by atoms with E-state index in [4.69, 9.17) is 14.2 Å². The average molecular weight is 338 g/mol. The number of hydrogen-bond donors (Lipinski definition) is 0. The number of carbonyl (C=O) groups excluding carboxylic acids is 2. The van der Waals surface area contributed by atoms with Crippen LogP contribution in [0.1, 0.15) is 29.8 Å². The molecule has 0 N–H and O–H groups in total. The number of hydrogen-bond acceptors (Lipinski definition) is 5. The van der Waals surface area contributed by atoms with E-state index in [0.717, 1.165) is 5.56 Å². The summed E-state index contributed by atoms with van der Waals surface area (Å²) in [4.78, 5) is 24.1. The van der Waals surface area contributed by atoms with Crippen LogP contribution >= 0.6 is 0 Å². The molecule has 0 bridgehead atoms. The first-order valence-corrected chi connectivity index (χ1v) is 8.05. The smallest absolute Gasteiger partial charge is 0.347 e. The molecule has 2 aromatic carbocycles. The minimum absolute atomic E-state index is 0.177. The first-order valence-electron chi connectivity index (χ1n) is 8.05. The van der Waals surface area contributed by atoms with E-state index in [-0.39, 0.29) is 11.5 Å². The highest BCUT2D eigenvalue weighted by molar-refractivity contribution is 6.14. The fourth-order valence-electron chi connectivity index (χ4n) is 2.45. The molecule has 1 atom stereocenters. The van der Waals surface area contributed by atoms with Gasteiger partial charge >= 0.3 is 5.97 Å². The summed E-state index contributed by atoms with van der Waals surface area (Å²) in [5.74, 6) is 0.499. The second-order valence-electron chi connectivity index (χ2n) is 5.52. The molecule has 0 fully saturated rings. The van der Waals surface area contributed by atoms with Gasteiger partial charge in [-0.05, 0) is 37.6 Å². The molecule has 1 heterocycles. The summed E-state index contributed by atoms with van der Waals surface area (Å²) in [5, 5.41) is 0. The number of rotatable bonds is 5. The van der Waals surface area contributed by atoms with Gasteiger partial charge in [-0.1, -0.05) is 30.3 Å². The van der Waals surface area contributed by atoms with Crippen molar-refractivity contribution in [3.8, 4) is 11.5 Å². The third-order valence-corrected chi connectivity index (χ3v) is 3.67. The SMILES string of the molecule is CCOC(=O)[C@H](C)Oc1ccc2c(c1)O/C(=C\c1ccccc1)C2=O. The van der Waals surface area contributed by atoms with Crippen molar-refractivity contribution in [2.45, 2.75) is 20.0 Å². The molecular formula is C20H18O5. The molecule has 25 heavy (non-hydrogen) atoms. The third-order valence-electron chi connectivity index (χ3n) is 3.67. The maximum Gasteiger partial charge on any atom is 0.347 e. The summed E-state index contributed by atoms with van der Waals surface area (Å²) >= 11 is 0. The van der Waals surface area contributed by atoms with Gasteiger partial charge in [-0.2, -0.15) is 0 Å². The molecule has 0 aliphatic carbocycles. The van der Waals surface area contributed by atoms with Crippen LogP contribution in [0.4, 0.5) is 0 Å². The Kier molecular flexibility index (Phi) is 4.84. The first-order chi connectivity index (χ1) is 12.1. The van der Waals surface area contributed by atoms with Crippen LogP contribution in [-0.2, 0) is 9.53 Å². The molecule has 128 valence electrons. The van der Waals surface area contributed by atoms with E-state index in [0.29, 0.717) is 23.7 Å². The van der Waals surface area contributed by atoms with Gasteiger partial charge in [0.1, 0.15) is 11.5 Å². The van der Waals surface area contributed by atoms with Crippen molar-refractivity contribution in [3.05, 3.63) is 65.4 Å². The zero-order chi connectivity index (χ0) is 17.8. The van der Waals surface area contributed by atoms with Crippen LogP contribution in [-0.4, -0.2) is 24.5 Å². The molecule has 0 aromatic heterocycles. The lowest BCUT2D eigenvalue weighted by Gasteiger charge is -2.13. The Balaban J connectivity index is 1.78. The van der Waals surface area contributed by atoms with Gasteiger partial charge in [0.2, 0.25) is 5.78 Å². The van der Waals surface area contributed by atoms with Gasteiger partial charge in [-0.25, -0.2) is 4.79 Å². The van der Waals surface area contributed by atoms with Crippen LogP contribution in [0.5, 0.6) is 11.5 Å². The van der Waals surface area contributed by atoms with Crippen LogP contribution in [0.25, 0.3) is 6.08 Å².